The Bertz CT molecular complexity index is 1010. The zero-order valence-corrected chi connectivity index (χ0v) is 14.4. The fourth-order valence-corrected chi connectivity index (χ4v) is 4.26. The van der Waals surface area contributed by atoms with Gasteiger partial charge in [0.25, 0.3) is 0 Å². The molecule has 126 valence electrons. The number of hydrogen-bond acceptors (Lipinski definition) is 6. The Morgan fingerprint density at radius 2 is 2.00 bits per heavy atom. The summed E-state index contributed by atoms with van der Waals surface area (Å²) in [4.78, 5) is 16.9. The topological polar surface area (TPSA) is 64.1 Å². The van der Waals surface area contributed by atoms with Crippen molar-refractivity contribution in [2.24, 2.45) is 0 Å². The summed E-state index contributed by atoms with van der Waals surface area (Å²) in [5.41, 5.74) is 1.92. The standard InChI is InChI=1S/C17H17N7S/c1-2-8-22(7-1)17-19-10-14(25-17)16-18-6-9-23(16)11-13-4-3-5-15-20-12-21-24(13)15/h3-6,9-10,12H,1-2,7-8,11H2. The maximum Gasteiger partial charge on any atom is 0.185 e. The number of rotatable bonds is 4. The second-order valence-corrected chi connectivity index (χ2v) is 7.14. The second-order valence-electron chi connectivity index (χ2n) is 6.13. The van der Waals surface area contributed by atoms with Crippen molar-refractivity contribution in [3.05, 3.63) is 48.8 Å². The fourth-order valence-electron chi connectivity index (χ4n) is 3.28. The van der Waals surface area contributed by atoms with Crippen LogP contribution < -0.4 is 4.90 Å². The molecular formula is C17H17N7S. The predicted octanol–water partition coefficient (Wildman–Crippen LogP) is 2.70. The Labute approximate surface area is 148 Å². The minimum absolute atomic E-state index is 0.687. The van der Waals surface area contributed by atoms with E-state index in [-0.39, 0.29) is 0 Å². The summed E-state index contributed by atoms with van der Waals surface area (Å²) in [6, 6.07) is 6.03. The molecule has 1 fully saturated rings. The molecule has 0 bridgehead atoms. The maximum atomic E-state index is 4.61. The smallest absolute Gasteiger partial charge is 0.185 e. The van der Waals surface area contributed by atoms with Crippen molar-refractivity contribution in [2.45, 2.75) is 19.4 Å². The van der Waals surface area contributed by atoms with Gasteiger partial charge in [-0.05, 0) is 25.0 Å². The summed E-state index contributed by atoms with van der Waals surface area (Å²) in [5, 5.41) is 5.41. The fraction of sp³-hybridized carbons (Fsp3) is 0.294. The molecule has 4 aromatic heterocycles. The number of hydrogen-bond donors (Lipinski definition) is 0. The van der Waals surface area contributed by atoms with Crippen molar-refractivity contribution in [3.63, 3.8) is 0 Å². The molecule has 5 rings (SSSR count). The average Bonchev–Trinajstić information content (AvgIpc) is 3.39. The SMILES string of the molecule is c1cc(Cn2ccnc2-c2cnc(N3CCCC3)s2)n2ncnc2c1. The lowest BCUT2D eigenvalue weighted by Crippen LogP contribution is -2.16. The van der Waals surface area contributed by atoms with E-state index in [1.807, 2.05) is 35.2 Å². The lowest BCUT2D eigenvalue weighted by Gasteiger charge is -2.12. The molecule has 0 aliphatic carbocycles. The van der Waals surface area contributed by atoms with Crippen molar-refractivity contribution in [1.82, 2.24) is 29.1 Å². The first-order valence-corrected chi connectivity index (χ1v) is 9.20. The van der Waals surface area contributed by atoms with Crippen LogP contribution in [0.5, 0.6) is 0 Å². The first-order chi connectivity index (χ1) is 12.4. The Morgan fingerprint density at radius 1 is 1.08 bits per heavy atom. The molecule has 0 unspecified atom stereocenters. The molecule has 0 aromatic carbocycles. The molecule has 1 aliphatic rings. The molecule has 0 saturated carbocycles. The van der Waals surface area contributed by atoms with Crippen molar-refractivity contribution in [3.8, 4) is 10.7 Å². The number of thiazole rings is 1. The van der Waals surface area contributed by atoms with Crippen LogP contribution in [0.2, 0.25) is 0 Å². The van der Waals surface area contributed by atoms with E-state index in [0.717, 1.165) is 40.3 Å². The molecule has 1 saturated heterocycles. The zero-order chi connectivity index (χ0) is 16.6. The van der Waals surface area contributed by atoms with Gasteiger partial charge in [-0.25, -0.2) is 19.5 Å². The molecule has 0 N–H and O–H groups in total. The monoisotopic (exact) mass is 351 g/mol. The predicted molar refractivity (Wildman–Crippen MR) is 96.9 cm³/mol. The van der Waals surface area contributed by atoms with Crippen LogP contribution >= 0.6 is 11.3 Å². The number of aromatic nitrogens is 6. The van der Waals surface area contributed by atoms with Crippen molar-refractivity contribution in [1.29, 1.82) is 0 Å². The van der Waals surface area contributed by atoms with Gasteiger partial charge < -0.3 is 9.47 Å². The summed E-state index contributed by atoms with van der Waals surface area (Å²) < 4.78 is 4.00. The highest BCUT2D eigenvalue weighted by Gasteiger charge is 2.18. The number of anilines is 1. The molecule has 5 heterocycles. The lowest BCUT2D eigenvalue weighted by atomic mass is 10.3. The first kappa shape index (κ1) is 14.6. The number of imidazole rings is 1. The third-order valence-corrected chi connectivity index (χ3v) is 5.57. The van der Waals surface area contributed by atoms with E-state index in [0.29, 0.717) is 6.54 Å². The summed E-state index contributed by atoms with van der Waals surface area (Å²) in [7, 11) is 0. The van der Waals surface area contributed by atoms with Crippen LogP contribution in [0.4, 0.5) is 5.13 Å². The summed E-state index contributed by atoms with van der Waals surface area (Å²) in [6.45, 7) is 2.90. The Hall–Kier alpha value is -2.74. The van der Waals surface area contributed by atoms with Crippen molar-refractivity contribution < 1.29 is 0 Å². The highest BCUT2D eigenvalue weighted by molar-refractivity contribution is 7.18. The van der Waals surface area contributed by atoms with Gasteiger partial charge in [-0.1, -0.05) is 17.4 Å². The van der Waals surface area contributed by atoms with Crippen LogP contribution in [-0.4, -0.2) is 42.2 Å². The number of fused-ring (bicyclic) bond motifs is 1. The summed E-state index contributed by atoms with van der Waals surface area (Å²) >= 11 is 1.71. The third kappa shape index (κ3) is 2.58. The normalized spacial score (nSPS) is 14.6. The van der Waals surface area contributed by atoms with Crippen LogP contribution in [0.15, 0.2) is 43.1 Å². The van der Waals surface area contributed by atoms with Gasteiger partial charge >= 0.3 is 0 Å². The minimum atomic E-state index is 0.687. The zero-order valence-electron chi connectivity index (χ0n) is 13.6. The molecule has 8 heteroatoms. The van der Waals surface area contributed by atoms with Crippen LogP contribution in [0, 0.1) is 0 Å². The average molecular weight is 351 g/mol. The van der Waals surface area contributed by atoms with E-state index in [4.69, 9.17) is 0 Å². The van der Waals surface area contributed by atoms with E-state index in [1.165, 1.54) is 12.8 Å². The van der Waals surface area contributed by atoms with Gasteiger partial charge in [-0.3, -0.25) is 0 Å². The highest BCUT2D eigenvalue weighted by atomic mass is 32.1. The molecule has 1 aliphatic heterocycles. The van der Waals surface area contributed by atoms with E-state index in [2.05, 4.69) is 35.6 Å². The molecule has 25 heavy (non-hydrogen) atoms. The largest absolute Gasteiger partial charge is 0.348 e. The van der Waals surface area contributed by atoms with Gasteiger partial charge in [0, 0.05) is 25.5 Å². The highest BCUT2D eigenvalue weighted by Crippen LogP contribution is 2.32. The van der Waals surface area contributed by atoms with Gasteiger partial charge in [0.1, 0.15) is 6.33 Å². The van der Waals surface area contributed by atoms with E-state index in [1.54, 1.807) is 17.7 Å². The van der Waals surface area contributed by atoms with Gasteiger partial charge in [-0.15, -0.1) is 0 Å². The lowest BCUT2D eigenvalue weighted by molar-refractivity contribution is 0.741. The molecule has 4 aromatic rings. The van der Waals surface area contributed by atoms with Crippen LogP contribution in [0.3, 0.4) is 0 Å². The Balaban J connectivity index is 1.47. The number of nitrogens with zero attached hydrogens (tertiary/aromatic N) is 7. The van der Waals surface area contributed by atoms with Crippen LogP contribution in [0.1, 0.15) is 18.5 Å². The molecule has 0 radical (unpaired) electrons. The van der Waals surface area contributed by atoms with E-state index in [9.17, 15) is 0 Å². The first-order valence-electron chi connectivity index (χ1n) is 8.38. The van der Waals surface area contributed by atoms with Gasteiger partial charge in [-0.2, -0.15) is 5.10 Å². The molecule has 7 nitrogen and oxygen atoms in total. The minimum Gasteiger partial charge on any atom is -0.348 e. The summed E-state index contributed by atoms with van der Waals surface area (Å²) in [6.07, 6.45) is 9.87. The number of pyridine rings is 1. The van der Waals surface area contributed by atoms with Crippen molar-refractivity contribution >= 4 is 22.1 Å². The third-order valence-electron chi connectivity index (χ3n) is 4.52. The molecule has 0 amide bonds. The van der Waals surface area contributed by atoms with E-state index < -0.39 is 0 Å². The summed E-state index contributed by atoms with van der Waals surface area (Å²) in [5.74, 6) is 0.945. The molecule has 0 atom stereocenters. The van der Waals surface area contributed by atoms with Gasteiger partial charge in [0.15, 0.2) is 16.6 Å². The maximum absolute atomic E-state index is 4.61. The van der Waals surface area contributed by atoms with Crippen LogP contribution in [-0.2, 0) is 6.54 Å². The van der Waals surface area contributed by atoms with Crippen LogP contribution in [0.25, 0.3) is 16.3 Å². The molecule has 0 spiro atoms. The quantitative estimate of drug-likeness (QED) is 0.566. The Morgan fingerprint density at radius 3 is 2.92 bits per heavy atom. The second kappa shape index (κ2) is 5.96. The van der Waals surface area contributed by atoms with Gasteiger partial charge in [0.2, 0.25) is 0 Å². The van der Waals surface area contributed by atoms with E-state index >= 15 is 0 Å². The molecular weight excluding hydrogens is 334 g/mol. The van der Waals surface area contributed by atoms with Crippen molar-refractivity contribution in [2.75, 3.05) is 18.0 Å². The van der Waals surface area contributed by atoms with Gasteiger partial charge in [0.05, 0.1) is 23.3 Å². The Kier molecular flexibility index (Phi) is 3.48.